The molecule has 0 radical (unpaired) electrons. The van der Waals surface area contributed by atoms with Crippen molar-refractivity contribution in [2.75, 3.05) is 32.8 Å². The molecule has 0 spiro atoms. The van der Waals surface area contributed by atoms with Crippen molar-refractivity contribution in [2.45, 2.75) is 32.2 Å². The van der Waals surface area contributed by atoms with E-state index in [1.807, 2.05) is 13.8 Å². The number of hydrogen-bond donors (Lipinski definition) is 2. The number of carbonyl (C=O) groups excluding carboxylic acids is 2. The van der Waals surface area contributed by atoms with Crippen LogP contribution >= 0.6 is 0 Å². The second-order valence-electron chi connectivity index (χ2n) is 5.45. The molecule has 2 rings (SSSR count). The number of amides is 3. The minimum Gasteiger partial charge on any atom is -0.380 e. The Labute approximate surface area is 113 Å². The fourth-order valence-electron chi connectivity index (χ4n) is 2.91. The Morgan fingerprint density at radius 1 is 1.47 bits per heavy atom. The van der Waals surface area contributed by atoms with Crippen LogP contribution in [0.2, 0.25) is 0 Å². The molecule has 6 heteroatoms. The summed E-state index contributed by atoms with van der Waals surface area (Å²) in [6.07, 6.45) is 2.02. The average molecular weight is 269 g/mol. The van der Waals surface area contributed by atoms with Gasteiger partial charge in [0.15, 0.2) is 0 Å². The highest BCUT2D eigenvalue weighted by Crippen LogP contribution is 2.29. The molecule has 0 aliphatic carbocycles. The lowest BCUT2D eigenvalue weighted by Gasteiger charge is -2.39. The summed E-state index contributed by atoms with van der Waals surface area (Å²) in [5.41, 5.74) is -0.763. The fourth-order valence-corrected chi connectivity index (χ4v) is 2.91. The Morgan fingerprint density at radius 3 is 2.89 bits per heavy atom. The van der Waals surface area contributed by atoms with Crippen molar-refractivity contribution < 1.29 is 14.3 Å². The molecule has 2 aliphatic rings. The van der Waals surface area contributed by atoms with Crippen molar-refractivity contribution in [3.63, 3.8) is 0 Å². The number of rotatable bonds is 5. The van der Waals surface area contributed by atoms with E-state index >= 15 is 0 Å². The molecule has 0 aromatic heterocycles. The van der Waals surface area contributed by atoms with Gasteiger partial charge in [-0.1, -0.05) is 0 Å². The summed E-state index contributed by atoms with van der Waals surface area (Å²) in [4.78, 5) is 25.6. The fraction of sp³-hybridized carbons (Fsp3) is 0.846. The molecule has 6 nitrogen and oxygen atoms in total. The van der Waals surface area contributed by atoms with Gasteiger partial charge in [0.05, 0.1) is 6.61 Å². The number of nitrogens with one attached hydrogen (secondary N) is 2. The Bertz CT molecular complexity index is 361. The van der Waals surface area contributed by atoms with E-state index in [1.54, 1.807) is 0 Å². The van der Waals surface area contributed by atoms with Gasteiger partial charge in [-0.3, -0.25) is 10.1 Å². The topological polar surface area (TPSA) is 70.7 Å². The molecule has 0 bridgehead atoms. The van der Waals surface area contributed by atoms with Gasteiger partial charge >= 0.3 is 6.03 Å². The minimum atomic E-state index is -0.763. The molecule has 0 aromatic carbocycles. The summed E-state index contributed by atoms with van der Waals surface area (Å²) in [6, 6.07) is -0.376. The lowest BCUT2D eigenvalue weighted by molar-refractivity contribution is -0.126. The van der Waals surface area contributed by atoms with Crippen LogP contribution < -0.4 is 10.6 Å². The van der Waals surface area contributed by atoms with E-state index in [2.05, 4.69) is 15.5 Å². The van der Waals surface area contributed by atoms with Gasteiger partial charge in [0.25, 0.3) is 5.91 Å². The first-order valence-electron chi connectivity index (χ1n) is 7.00. The van der Waals surface area contributed by atoms with E-state index in [-0.39, 0.29) is 17.9 Å². The monoisotopic (exact) mass is 269 g/mol. The van der Waals surface area contributed by atoms with Gasteiger partial charge in [-0.25, -0.2) is 4.79 Å². The van der Waals surface area contributed by atoms with Crippen molar-refractivity contribution in [3.05, 3.63) is 0 Å². The van der Waals surface area contributed by atoms with Crippen LogP contribution in [-0.2, 0) is 9.53 Å². The SMILES string of the molecule is CCOCCN1CCC[C@H]([C@@]2(C)NC(=O)NC2=O)C1. The standard InChI is InChI=1S/C13H23N3O3/c1-3-19-8-7-16-6-4-5-10(9-16)13(2)11(17)14-12(18)15-13/h10H,3-9H2,1-2H3,(H2,14,15,17,18)/t10-,13+/m0/s1. The highest BCUT2D eigenvalue weighted by atomic mass is 16.5. The highest BCUT2D eigenvalue weighted by Gasteiger charge is 2.48. The lowest BCUT2D eigenvalue weighted by Crippen LogP contribution is -2.56. The second-order valence-corrected chi connectivity index (χ2v) is 5.45. The number of urea groups is 1. The third kappa shape index (κ3) is 3.06. The Hall–Kier alpha value is -1.14. The quantitative estimate of drug-likeness (QED) is 0.557. The predicted octanol–water partition coefficient (Wildman–Crippen LogP) is 0.333. The van der Waals surface area contributed by atoms with Crippen LogP contribution in [0.15, 0.2) is 0 Å². The zero-order valence-corrected chi connectivity index (χ0v) is 11.7. The maximum absolute atomic E-state index is 11.9. The van der Waals surface area contributed by atoms with Crippen molar-refractivity contribution >= 4 is 11.9 Å². The van der Waals surface area contributed by atoms with Crippen LogP contribution in [0.1, 0.15) is 26.7 Å². The third-order valence-corrected chi connectivity index (χ3v) is 4.15. The van der Waals surface area contributed by atoms with Crippen LogP contribution in [0.4, 0.5) is 4.79 Å². The first-order valence-corrected chi connectivity index (χ1v) is 7.00. The maximum atomic E-state index is 11.9. The van der Waals surface area contributed by atoms with Crippen molar-refractivity contribution in [1.82, 2.24) is 15.5 Å². The number of hydrogen-bond acceptors (Lipinski definition) is 4. The summed E-state index contributed by atoms with van der Waals surface area (Å²) in [5, 5.41) is 5.12. The molecule has 2 N–H and O–H groups in total. The van der Waals surface area contributed by atoms with Crippen LogP contribution in [0, 0.1) is 5.92 Å². The summed E-state index contributed by atoms with van der Waals surface area (Å²) in [5.74, 6) is -0.0384. The first-order chi connectivity index (χ1) is 9.06. The smallest absolute Gasteiger partial charge is 0.322 e. The van der Waals surface area contributed by atoms with E-state index in [9.17, 15) is 9.59 Å². The molecule has 3 amide bonds. The molecule has 0 unspecified atom stereocenters. The van der Waals surface area contributed by atoms with E-state index in [4.69, 9.17) is 4.74 Å². The second kappa shape index (κ2) is 5.88. The van der Waals surface area contributed by atoms with Crippen LogP contribution in [-0.4, -0.2) is 55.2 Å². The van der Waals surface area contributed by atoms with E-state index < -0.39 is 5.54 Å². The van der Waals surface area contributed by atoms with E-state index in [1.165, 1.54) is 0 Å². The number of ether oxygens (including phenoxy) is 1. The molecule has 19 heavy (non-hydrogen) atoms. The first kappa shape index (κ1) is 14.3. The number of imide groups is 1. The number of piperidine rings is 1. The van der Waals surface area contributed by atoms with Gasteiger partial charge in [0.1, 0.15) is 5.54 Å². The minimum absolute atomic E-state index is 0.161. The maximum Gasteiger partial charge on any atom is 0.322 e. The molecule has 0 saturated carbocycles. The van der Waals surface area contributed by atoms with Gasteiger partial charge < -0.3 is 15.0 Å². The van der Waals surface area contributed by atoms with Crippen LogP contribution in [0.3, 0.4) is 0 Å². The summed E-state index contributed by atoms with van der Waals surface area (Å²) in [7, 11) is 0. The molecule has 2 aliphatic heterocycles. The molecular weight excluding hydrogens is 246 g/mol. The van der Waals surface area contributed by atoms with Crippen molar-refractivity contribution in [3.8, 4) is 0 Å². The Morgan fingerprint density at radius 2 is 2.26 bits per heavy atom. The van der Waals surface area contributed by atoms with Gasteiger partial charge in [0.2, 0.25) is 0 Å². The van der Waals surface area contributed by atoms with Crippen molar-refractivity contribution in [1.29, 1.82) is 0 Å². The summed E-state index contributed by atoms with van der Waals surface area (Å²) >= 11 is 0. The average Bonchev–Trinajstić information content (AvgIpc) is 2.65. The highest BCUT2D eigenvalue weighted by molar-refractivity contribution is 6.06. The van der Waals surface area contributed by atoms with Crippen LogP contribution in [0.25, 0.3) is 0 Å². The normalized spacial score (nSPS) is 32.2. The zero-order chi connectivity index (χ0) is 13.9. The molecule has 2 heterocycles. The molecule has 108 valence electrons. The number of likely N-dealkylation sites (tertiary alicyclic amines) is 1. The van der Waals surface area contributed by atoms with Crippen molar-refractivity contribution in [2.24, 2.45) is 5.92 Å². The predicted molar refractivity (Wildman–Crippen MR) is 70.7 cm³/mol. The largest absolute Gasteiger partial charge is 0.380 e. The van der Waals surface area contributed by atoms with E-state index in [0.29, 0.717) is 0 Å². The summed E-state index contributed by atoms with van der Waals surface area (Å²) < 4.78 is 5.37. The third-order valence-electron chi connectivity index (χ3n) is 4.15. The molecular formula is C13H23N3O3. The molecule has 2 atom stereocenters. The Kier molecular flexibility index (Phi) is 4.42. The van der Waals surface area contributed by atoms with E-state index in [0.717, 1.165) is 45.7 Å². The number of nitrogens with zero attached hydrogens (tertiary/aromatic N) is 1. The zero-order valence-electron chi connectivity index (χ0n) is 11.7. The van der Waals surface area contributed by atoms with Gasteiger partial charge in [0, 0.05) is 25.6 Å². The molecule has 2 saturated heterocycles. The van der Waals surface area contributed by atoms with Gasteiger partial charge in [-0.2, -0.15) is 0 Å². The molecule has 0 aromatic rings. The van der Waals surface area contributed by atoms with Crippen LogP contribution in [0.5, 0.6) is 0 Å². The van der Waals surface area contributed by atoms with Gasteiger partial charge in [-0.05, 0) is 33.2 Å². The number of carbonyl (C=O) groups is 2. The summed E-state index contributed by atoms with van der Waals surface area (Å²) in [6.45, 7) is 8.01. The lowest BCUT2D eigenvalue weighted by atomic mass is 9.80. The van der Waals surface area contributed by atoms with Gasteiger partial charge in [-0.15, -0.1) is 0 Å². The Balaban J connectivity index is 1.93. The molecule has 2 fully saturated rings.